The van der Waals surface area contributed by atoms with Gasteiger partial charge < -0.3 is 5.11 Å². The summed E-state index contributed by atoms with van der Waals surface area (Å²) in [5.74, 6) is 1.52. The summed E-state index contributed by atoms with van der Waals surface area (Å²) in [6.07, 6.45) is 5.50. The van der Waals surface area contributed by atoms with Crippen LogP contribution in [0.2, 0.25) is 0 Å². The van der Waals surface area contributed by atoms with Crippen molar-refractivity contribution in [1.82, 2.24) is 19.5 Å². The van der Waals surface area contributed by atoms with E-state index in [0.717, 1.165) is 24.4 Å². The fourth-order valence-electron chi connectivity index (χ4n) is 1.73. The highest BCUT2D eigenvalue weighted by atomic mass is 16.3. The molecule has 0 bridgehead atoms. The molecule has 2 rings (SSSR count). The molecule has 5 nitrogen and oxygen atoms in total. The predicted molar refractivity (Wildman–Crippen MR) is 63.8 cm³/mol. The van der Waals surface area contributed by atoms with Crippen LogP contribution in [0.25, 0.3) is 5.95 Å². The van der Waals surface area contributed by atoms with Crippen molar-refractivity contribution < 1.29 is 5.11 Å². The summed E-state index contributed by atoms with van der Waals surface area (Å²) in [7, 11) is 0. The van der Waals surface area contributed by atoms with E-state index >= 15 is 0 Å². The third-order valence-electron chi connectivity index (χ3n) is 2.46. The fourth-order valence-corrected chi connectivity index (χ4v) is 1.73. The average molecular weight is 232 g/mol. The summed E-state index contributed by atoms with van der Waals surface area (Å²) < 4.78 is 1.87. The zero-order valence-electron chi connectivity index (χ0n) is 10.1. The lowest BCUT2D eigenvalue weighted by Crippen LogP contribution is -2.08. The Labute approximate surface area is 100 Å². The van der Waals surface area contributed by atoms with E-state index in [2.05, 4.69) is 21.9 Å². The van der Waals surface area contributed by atoms with Gasteiger partial charge in [-0.25, -0.2) is 15.0 Å². The van der Waals surface area contributed by atoms with E-state index in [-0.39, 0.29) is 6.61 Å². The van der Waals surface area contributed by atoms with Gasteiger partial charge in [-0.1, -0.05) is 6.92 Å². The van der Waals surface area contributed by atoms with Gasteiger partial charge in [0.05, 0.1) is 12.3 Å². The number of nitrogens with zero attached hydrogens (tertiary/aromatic N) is 4. The molecule has 0 radical (unpaired) electrons. The molecule has 2 heterocycles. The topological polar surface area (TPSA) is 63.8 Å². The number of hydrogen-bond acceptors (Lipinski definition) is 4. The molecule has 17 heavy (non-hydrogen) atoms. The van der Waals surface area contributed by atoms with Crippen LogP contribution in [0.5, 0.6) is 0 Å². The second-order valence-electron chi connectivity index (χ2n) is 3.92. The maximum atomic E-state index is 9.14. The number of rotatable bonds is 4. The van der Waals surface area contributed by atoms with Crippen molar-refractivity contribution in [2.24, 2.45) is 0 Å². The third kappa shape index (κ3) is 2.50. The summed E-state index contributed by atoms with van der Waals surface area (Å²) in [4.78, 5) is 13.0. The van der Waals surface area contributed by atoms with Gasteiger partial charge in [0.25, 0.3) is 0 Å². The minimum Gasteiger partial charge on any atom is -0.390 e. The second-order valence-corrected chi connectivity index (χ2v) is 3.92. The Kier molecular flexibility index (Phi) is 3.49. The quantitative estimate of drug-likeness (QED) is 0.865. The Morgan fingerprint density at radius 2 is 2.18 bits per heavy atom. The number of aryl methyl sites for hydroxylation is 2. The molecule has 0 atom stereocenters. The van der Waals surface area contributed by atoms with E-state index in [1.165, 1.54) is 0 Å². The van der Waals surface area contributed by atoms with Gasteiger partial charge in [0, 0.05) is 24.5 Å². The van der Waals surface area contributed by atoms with Crippen molar-refractivity contribution >= 4 is 0 Å². The van der Waals surface area contributed by atoms with Gasteiger partial charge in [0.2, 0.25) is 5.95 Å². The van der Waals surface area contributed by atoms with Crippen LogP contribution in [0.3, 0.4) is 0 Å². The van der Waals surface area contributed by atoms with Crippen LogP contribution in [0.15, 0.2) is 18.5 Å². The molecule has 0 saturated carbocycles. The Hall–Kier alpha value is -1.75. The molecule has 0 amide bonds. The first kappa shape index (κ1) is 11.7. The van der Waals surface area contributed by atoms with E-state index < -0.39 is 0 Å². The van der Waals surface area contributed by atoms with E-state index in [9.17, 15) is 0 Å². The molecule has 0 aliphatic carbocycles. The highest BCUT2D eigenvalue weighted by molar-refractivity contribution is 5.21. The Morgan fingerprint density at radius 3 is 2.88 bits per heavy atom. The molecule has 0 spiro atoms. The maximum absolute atomic E-state index is 9.14. The number of imidazole rings is 1. The zero-order valence-corrected chi connectivity index (χ0v) is 10.1. The van der Waals surface area contributed by atoms with Crippen LogP contribution >= 0.6 is 0 Å². The van der Waals surface area contributed by atoms with Crippen LogP contribution in [0.4, 0.5) is 0 Å². The molecule has 0 unspecified atom stereocenters. The number of aromatic nitrogens is 4. The van der Waals surface area contributed by atoms with Gasteiger partial charge in [0.15, 0.2) is 0 Å². The fraction of sp³-hybridized carbons (Fsp3) is 0.417. The number of hydrogen-bond donors (Lipinski definition) is 1. The summed E-state index contributed by atoms with van der Waals surface area (Å²) in [5.41, 5.74) is 1.47. The molecule has 2 aromatic heterocycles. The molecule has 90 valence electrons. The van der Waals surface area contributed by atoms with Crippen LogP contribution < -0.4 is 0 Å². The summed E-state index contributed by atoms with van der Waals surface area (Å²) >= 11 is 0. The second kappa shape index (κ2) is 5.05. The van der Waals surface area contributed by atoms with Gasteiger partial charge in [-0.05, 0) is 19.4 Å². The van der Waals surface area contributed by atoms with Crippen LogP contribution in [-0.4, -0.2) is 24.6 Å². The molecule has 5 heteroatoms. The summed E-state index contributed by atoms with van der Waals surface area (Å²) in [6, 6.07) is 1.78. The smallest absolute Gasteiger partial charge is 0.235 e. The predicted octanol–water partition coefficient (Wildman–Crippen LogP) is 1.42. The largest absolute Gasteiger partial charge is 0.390 e. The molecule has 0 saturated heterocycles. The van der Waals surface area contributed by atoms with Crippen molar-refractivity contribution in [3.63, 3.8) is 0 Å². The lowest BCUT2D eigenvalue weighted by molar-refractivity contribution is 0.276. The number of aliphatic hydroxyl groups is 1. The minimum absolute atomic E-state index is 0.0752. The lowest BCUT2D eigenvalue weighted by Gasteiger charge is -2.07. The van der Waals surface area contributed by atoms with Gasteiger partial charge in [-0.2, -0.15) is 0 Å². The maximum Gasteiger partial charge on any atom is 0.235 e. The van der Waals surface area contributed by atoms with Crippen LogP contribution in [0, 0.1) is 6.92 Å². The molecule has 2 aromatic rings. The Bertz CT molecular complexity index is 507. The normalized spacial score (nSPS) is 10.8. The summed E-state index contributed by atoms with van der Waals surface area (Å²) in [6.45, 7) is 3.92. The van der Waals surface area contributed by atoms with Crippen molar-refractivity contribution in [2.75, 3.05) is 0 Å². The molecule has 0 fully saturated rings. The molecular formula is C12H16N4O. The summed E-state index contributed by atoms with van der Waals surface area (Å²) in [5, 5.41) is 9.14. The average Bonchev–Trinajstić information content (AvgIpc) is 2.77. The van der Waals surface area contributed by atoms with Gasteiger partial charge >= 0.3 is 0 Å². The van der Waals surface area contributed by atoms with Crippen molar-refractivity contribution in [3.05, 3.63) is 35.7 Å². The highest BCUT2D eigenvalue weighted by Crippen LogP contribution is 2.10. The zero-order chi connectivity index (χ0) is 12.3. The first-order valence-corrected chi connectivity index (χ1v) is 5.72. The van der Waals surface area contributed by atoms with Crippen molar-refractivity contribution in [1.29, 1.82) is 0 Å². The standard InChI is InChI=1S/C12H16N4O/c1-3-4-11-13-5-6-16(11)12-14-9(2)7-10(8-17)15-12/h5-7,17H,3-4,8H2,1-2H3. The molecule has 0 aromatic carbocycles. The molecule has 0 aliphatic rings. The van der Waals surface area contributed by atoms with Gasteiger partial charge in [-0.3, -0.25) is 4.57 Å². The SMILES string of the molecule is CCCc1nccn1-c1nc(C)cc(CO)n1. The van der Waals surface area contributed by atoms with E-state index in [1.54, 1.807) is 12.3 Å². The Morgan fingerprint density at radius 1 is 1.35 bits per heavy atom. The Balaban J connectivity index is 2.44. The first-order chi connectivity index (χ1) is 8.24. The number of aliphatic hydroxyl groups excluding tert-OH is 1. The monoisotopic (exact) mass is 232 g/mol. The highest BCUT2D eigenvalue weighted by Gasteiger charge is 2.08. The van der Waals surface area contributed by atoms with Gasteiger partial charge in [-0.15, -0.1) is 0 Å². The lowest BCUT2D eigenvalue weighted by atomic mass is 10.3. The molecule has 0 aliphatic heterocycles. The van der Waals surface area contributed by atoms with Crippen LogP contribution in [0.1, 0.15) is 30.6 Å². The molecular weight excluding hydrogens is 216 g/mol. The van der Waals surface area contributed by atoms with Crippen molar-refractivity contribution in [2.45, 2.75) is 33.3 Å². The first-order valence-electron chi connectivity index (χ1n) is 5.72. The van der Waals surface area contributed by atoms with E-state index in [1.807, 2.05) is 17.7 Å². The van der Waals surface area contributed by atoms with Crippen molar-refractivity contribution in [3.8, 4) is 5.95 Å². The minimum atomic E-state index is -0.0752. The van der Waals surface area contributed by atoms with Gasteiger partial charge in [0.1, 0.15) is 5.82 Å². The third-order valence-corrected chi connectivity index (χ3v) is 2.46. The van der Waals surface area contributed by atoms with E-state index in [0.29, 0.717) is 11.6 Å². The van der Waals surface area contributed by atoms with E-state index in [4.69, 9.17) is 5.11 Å². The molecule has 1 N–H and O–H groups in total. The van der Waals surface area contributed by atoms with Crippen LogP contribution in [-0.2, 0) is 13.0 Å².